The normalized spacial score (nSPS) is 10.9. The lowest BCUT2D eigenvalue weighted by atomic mass is 10.0. The van der Waals surface area contributed by atoms with E-state index < -0.39 is 0 Å². The molecule has 0 saturated carbocycles. The molecular weight excluding hydrogens is 531 g/mol. The zero-order chi connectivity index (χ0) is 25.1. The SMILES string of the molecule is O=C(CSc1nc2ccc(NC(=O)c3ccc(Cl)cc3Cl)cc2s1)c1ccc(-c2ccccc2)cc1. The molecule has 0 unspecified atom stereocenters. The predicted octanol–water partition coefficient (Wildman–Crippen LogP) is 8.50. The molecule has 5 aromatic rings. The van der Waals surface area contributed by atoms with Crippen molar-refractivity contribution in [3.05, 3.63) is 112 Å². The smallest absolute Gasteiger partial charge is 0.257 e. The van der Waals surface area contributed by atoms with Crippen LogP contribution < -0.4 is 5.32 Å². The summed E-state index contributed by atoms with van der Waals surface area (Å²) < 4.78 is 1.71. The van der Waals surface area contributed by atoms with Gasteiger partial charge in [0, 0.05) is 16.3 Å². The van der Waals surface area contributed by atoms with E-state index in [9.17, 15) is 9.59 Å². The van der Waals surface area contributed by atoms with Crippen molar-refractivity contribution in [2.75, 3.05) is 11.1 Å². The second-order valence-corrected chi connectivity index (χ2v) is 11.0. The molecule has 0 aliphatic rings. The first-order valence-electron chi connectivity index (χ1n) is 10.9. The largest absolute Gasteiger partial charge is 0.322 e. The summed E-state index contributed by atoms with van der Waals surface area (Å²) in [5.41, 5.74) is 4.66. The number of hydrogen-bond donors (Lipinski definition) is 1. The summed E-state index contributed by atoms with van der Waals surface area (Å²) in [7, 11) is 0. The predicted molar refractivity (Wildman–Crippen MR) is 151 cm³/mol. The molecule has 4 aromatic carbocycles. The standard InChI is InChI=1S/C28H18Cl2N2O2S2/c29-20-10-12-22(23(30)14-20)27(34)31-21-11-13-24-26(15-21)36-28(32-24)35-16-25(33)19-8-6-18(7-9-19)17-4-2-1-3-5-17/h1-15H,16H2,(H,31,34). The fourth-order valence-electron chi connectivity index (χ4n) is 3.60. The Morgan fingerprint density at radius 2 is 1.61 bits per heavy atom. The summed E-state index contributed by atoms with van der Waals surface area (Å²) in [4.78, 5) is 30.0. The second kappa shape index (κ2) is 10.8. The molecule has 0 aliphatic carbocycles. The number of halogens is 2. The van der Waals surface area contributed by atoms with E-state index in [-0.39, 0.29) is 16.7 Å². The van der Waals surface area contributed by atoms with Crippen LogP contribution in [-0.4, -0.2) is 22.4 Å². The molecule has 0 saturated heterocycles. The molecule has 1 N–H and O–H groups in total. The van der Waals surface area contributed by atoms with Gasteiger partial charge in [0.1, 0.15) is 0 Å². The van der Waals surface area contributed by atoms with Gasteiger partial charge in [-0.1, -0.05) is 89.6 Å². The lowest BCUT2D eigenvalue weighted by Crippen LogP contribution is -2.12. The zero-order valence-corrected chi connectivity index (χ0v) is 21.8. The van der Waals surface area contributed by atoms with E-state index in [1.165, 1.54) is 29.2 Å². The number of ketones is 1. The maximum atomic E-state index is 12.7. The summed E-state index contributed by atoms with van der Waals surface area (Å²) in [5, 5.41) is 3.62. The van der Waals surface area contributed by atoms with Crippen molar-refractivity contribution in [2.45, 2.75) is 4.34 Å². The van der Waals surface area contributed by atoms with Gasteiger partial charge in [-0.15, -0.1) is 11.3 Å². The highest BCUT2D eigenvalue weighted by atomic mass is 35.5. The summed E-state index contributed by atoms with van der Waals surface area (Å²) in [6, 6.07) is 28.0. The van der Waals surface area contributed by atoms with Gasteiger partial charge >= 0.3 is 0 Å². The number of nitrogens with one attached hydrogen (secondary N) is 1. The maximum Gasteiger partial charge on any atom is 0.257 e. The molecule has 5 rings (SSSR count). The Morgan fingerprint density at radius 3 is 2.36 bits per heavy atom. The third-order valence-corrected chi connectivity index (χ3v) is 8.15. The molecule has 0 fully saturated rings. The van der Waals surface area contributed by atoms with Gasteiger partial charge in [-0.25, -0.2) is 4.98 Å². The molecule has 1 aromatic heterocycles. The summed E-state index contributed by atoms with van der Waals surface area (Å²) in [6.07, 6.45) is 0. The molecule has 36 heavy (non-hydrogen) atoms. The van der Waals surface area contributed by atoms with Gasteiger partial charge in [0.25, 0.3) is 5.91 Å². The Morgan fingerprint density at radius 1 is 0.861 bits per heavy atom. The van der Waals surface area contributed by atoms with Crippen molar-refractivity contribution in [3.63, 3.8) is 0 Å². The van der Waals surface area contributed by atoms with Crippen LogP contribution in [0.1, 0.15) is 20.7 Å². The highest BCUT2D eigenvalue weighted by Crippen LogP contribution is 2.32. The zero-order valence-electron chi connectivity index (χ0n) is 18.7. The summed E-state index contributed by atoms with van der Waals surface area (Å²) in [5.74, 6) is 0.0223. The first-order valence-corrected chi connectivity index (χ1v) is 13.5. The number of carbonyl (C=O) groups is 2. The minimum absolute atomic E-state index is 0.0478. The highest BCUT2D eigenvalue weighted by Gasteiger charge is 2.14. The van der Waals surface area contributed by atoms with Gasteiger partial charge in [-0.05, 0) is 47.5 Å². The van der Waals surface area contributed by atoms with E-state index in [1.807, 2.05) is 66.7 Å². The van der Waals surface area contributed by atoms with Crippen molar-refractivity contribution in [1.82, 2.24) is 4.98 Å². The number of fused-ring (bicyclic) bond motifs is 1. The number of carbonyl (C=O) groups excluding carboxylic acids is 2. The summed E-state index contributed by atoms with van der Waals surface area (Å²) >= 11 is 15.0. The van der Waals surface area contributed by atoms with Crippen LogP contribution in [-0.2, 0) is 0 Å². The first kappa shape index (κ1) is 24.5. The molecule has 1 heterocycles. The molecule has 178 valence electrons. The van der Waals surface area contributed by atoms with Gasteiger partial charge in [-0.3, -0.25) is 9.59 Å². The molecule has 4 nitrogen and oxygen atoms in total. The van der Waals surface area contributed by atoms with Crippen molar-refractivity contribution >= 4 is 73.9 Å². The Balaban J connectivity index is 1.23. The Hall–Kier alpha value is -3.16. The monoisotopic (exact) mass is 548 g/mol. The van der Waals surface area contributed by atoms with E-state index >= 15 is 0 Å². The Kier molecular flexibility index (Phi) is 7.39. The molecule has 8 heteroatoms. The number of nitrogens with zero attached hydrogens (tertiary/aromatic N) is 1. The fourth-order valence-corrected chi connectivity index (χ4v) is 6.10. The van der Waals surface area contributed by atoms with Crippen LogP contribution in [0.2, 0.25) is 10.0 Å². The second-order valence-electron chi connectivity index (χ2n) is 7.90. The van der Waals surface area contributed by atoms with Crippen LogP contribution in [0.15, 0.2) is 95.3 Å². The Labute approximate surface area is 226 Å². The van der Waals surface area contributed by atoms with Gasteiger partial charge in [-0.2, -0.15) is 0 Å². The lowest BCUT2D eigenvalue weighted by molar-refractivity contribution is 0.101. The molecule has 0 spiro atoms. The lowest BCUT2D eigenvalue weighted by Gasteiger charge is -2.07. The number of hydrogen-bond acceptors (Lipinski definition) is 5. The number of thiazole rings is 1. The van der Waals surface area contributed by atoms with E-state index in [0.717, 1.165) is 25.7 Å². The number of aromatic nitrogens is 1. The summed E-state index contributed by atoms with van der Waals surface area (Å²) in [6.45, 7) is 0. The van der Waals surface area contributed by atoms with Crippen LogP contribution >= 0.6 is 46.3 Å². The van der Waals surface area contributed by atoms with Crippen molar-refractivity contribution < 1.29 is 9.59 Å². The number of thioether (sulfide) groups is 1. The number of anilines is 1. The number of benzene rings is 4. The minimum atomic E-state index is -0.320. The maximum absolute atomic E-state index is 12.7. The van der Waals surface area contributed by atoms with Crippen LogP contribution in [0.3, 0.4) is 0 Å². The van der Waals surface area contributed by atoms with Crippen molar-refractivity contribution in [1.29, 1.82) is 0 Å². The van der Waals surface area contributed by atoms with E-state index in [0.29, 0.717) is 27.6 Å². The van der Waals surface area contributed by atoms with Crippen molar-refractivity contribution in [2.24, 2.45) is 0 Å². The minimum Gasteiger partial charge on any atom is -0.322 e. The average Bonchev–Trinajstić information content (AvgIpc) is 3.30. The number of amides is 1. The van der Waals surface area contributed by atoms with Crippen LogP contribution in [0.4, 0.5) is 5.69 Å². The van der Waals surface area contributed by atoms with Crippen LogP contribution in [0, 0.1) is 0 Å². The average molecular weight is 550 g/mol. The van der Waals surface area contributed by atoms with E-state index in [4.69, 9.17) is 23.2 Å². The fraction of sp³-hybridized carbons (Fsp3) is 0.0357. The quantitative estimate of drug-likeness (QED) is 0.163. The molecular formula is C28H18Cl2N2O2S2. The first-order chi connectivity index (χ1) is 17.5. The highest BCUT2D eigenvalue weighted by molar-refractivity contribution is 8.01. The van der Waals surface area contributed by atoms with Gasteiger partial charge in [0.2, 0.25) is 0 Å². The Bertz CT molecular complexity index is 1570. The third kappa shape index (κ3) is 5.63. The number of Topliss-reactive ketones (excluding diaryl/α,β-unsaturated/α-hetero) is 1. The van der Waals surface area contributed by atoms with E-state index in [2.05, 4.69) is 10.3 Å². The van der Waals surface area contributed by atoms with Crippen molar-refractivity contribution in [3.8, 4) is 11.1 Å². The van der Waals surface area contributed by atoms with Gasteiger partial charge in [0.05, 0.1) is 26.6 Å². The van der Waals surface area contributed by atoms with Crippen LogP contribution in [0.25, 0.3) is 21.3 Å². The van der Waals surface area contributed by atoms with Gasteiger partial charge < -0.3 is 5.32 Å². The molecule has 0 bridgehead atoms. The molecule has 0 radical (unpaired) electrons. The molecule has 0 atom stereocenters. The number of rotatable bonds is 7. The van der Waals surface area contributed by atoms with Gasteiger partial charge in [0.15, 0.2) is 10.1 Å². The molecule has 1 amide bonds. The topological polar surface area (TPSA) is 59.1 Å². The van der Waals surface area contributed by atoms with E-state index in [1.54, 1.807) is 18.2 Å². The molecule has 0 aliphatic heterocycles. The van der Waals surface area contributed by atoms with Crippen LogP contribution in [0.5, 0.6) is 0 Å². The third-order valence-electron chi connectivity index (χ3n) is 5.44.